The number of thioether (sulfide) groups is 1. The third-order valence-corrected chi connectivity index (χ3v) is 9.48. The number of nitriles is 1. The van der Waals surface area contributed by atoms with Crippen LogP contribution in [0, 0.1) is 11.3 Å². The van der Waals surface area contributed by atoms with Crippen LogP contribution in [-0.2, 0) is 10.3 Å². The summed E-state index contributed by atoms with van der Waals surface area (Å²) in [5, 5.41) is 14.4. The molecular weight excluding hydrogens is 530 g/mol. The summed E-state index contributed by atoms with van der Waals surface area (Å²) in [5.41, 5.74) is 5.13. The maximum atomic E-state index is 13.2. The minimum absolute atomic E-state index is 0.354. The van der Waals surface area contributed by atoms with Gasteiger partial charge in [0.1, 0.15) is 17.6 Å². The normalized spacial score (nSPS) is 21.0. The van der Waals surface area contributed by atoms with E-state index in [9.17, 15) is 10.1 Å². The number of ether oxygens (including phenoxy) is 2. The molecule has 4 aromatic rings. The molecule has 7 heteroatoms. The van der Waals surface area contributed by atoms with Gasteiger partial charge in [-0.15, -0.1) is 0 Å². The van der Waals surface area contributed by atoms with Crippen molar-refractivity contribution in [2.75, 3.05) is 23.3 Å². The van der Waals surface area contributed by atoms with E-state index in [-0.39, 0.29) is 5.97 Å². The number of fused-ring (bicyclic) bond motifs is 7. The summed E-state index contributed by atoms with van der Waals surface area (Å²) < 4.78 is 13.0. The third kappa shape index (κ3) is 3.61. The molecule has 0 saturated carbocycles. The summed E-state index contributed by atoms with van der Waals surface area (Å²) in [6.45, 7) is 2.02. The smallest absolute Gasteiger partial charge is 0.340 e. The Morgan fingerprint density at radius 3 is 2.46 bits per heavy atom. The van der Waals surface area contributed by atoms with E-state index in [2.05, 4.69) is 28.4 Å². The average Bonchev–Trinajstić information content (AvgIpc) is 3.57. The quantitative estimate of drug-likeness (QED) is 0.201. The lowest BCUT2D eigenvalue weighted by atomic mass is 9.77. The van der Waals surface area contributed by atoms with Crippen LogP contribution in [0.5, 0.6) is 11.5 Å². The summed E-state index contributed by atoms with van der Waals surface area (Å²) in [5.74, 6) is 0.881. The standard InChI is InChI=1S/C34H25N3O3S/c35-20-24(32-36-28-10-4-5-11-31(28)41-32)21-12-14-26-29(18-21)39-30-19-22(37-16-6-1-7-17-37)13-15-27(30)34(26)25-9-3-2-8-23(25)33(38)40-34/h2-5,8-15,18-19,36H,1,6-7,16-17H2/b32-24-. The molecule has 4 aliphatic heterocycles. The Labute approximate surface area is 242 Å². The fourth-order valence-electron chi connectivity index (χ4n) is 6.45. The molecule has 4 aliphatic rings. The van der Waals surface area contributed by atoms with Crippen LogP contribution in [-0.4, -0.2) is 19.1 Å². The molecule has 1 unspecified atom stereocenters. The molecule has 200 valence electrons. The lowest BCUT2D eigenvalue weighted by Gasteiger charge is -2.37. The number of esters is 1. The van der Waals surface area contributed by atoms with E-state index in [1.165, 1.54) is 19.3 Å². The number of carbonyl (C=O) groups excluding carboxylic acids is 1. The number of piperidine rings is 1. The van der Waals surface area contributed by atoms with Gasteiger partial charge < -0.3 is 19.7 Å². The Morgan fingerprint density at radius 2 is 1.63 bits per heavy atom. The van der Waals surface area contributed by atoms with Gasteiger partial charge in [-0.3, -0.25) is 0 Å². The second-order valence-electron chi connectivity index (χ2n) is 10.7. The molecule has 1 fully saturated rings. The number of nitrogens with one attached hydrogen (secondary N) is 1. The van der Waals surface area contributed by atoms with Crippen LogP contribution < -0.4 is 15.0 Å². The van der Waals surface area contributed by atoms with Gasteiger partial charge in [-0.1, -0.05) is 48.2 Å². The van der Waals surface area contributed by atoms with E-state index in [1.54, 1.807) is 11.8 Å². The van der Waals surface area contributed by atoms with Crippen molar-refractivity contribution in [3.63, 3.8) is 0 Å². The largest absolute Gasteiger partial charge is 0.456 e. The number of para-hydroxylation sites is 1. The lowest BCUT2D eigenvalue weighted by molar-refractivity contribution is 0.0224. The monoisotopic (exact) mass is 555 g/mol. The minimum atomic E-state index is -1.13. The van der Waals surface area contributed by atoms with Crippen molar-refractivity contribution >= 4 is 34.7 Å². The Bertz CT molecular complexity index is 1810. The fraction of sp³-hybridized carbons (Fsp3) is 0.176. The van der Waals surface area contributed by atoms with Gasteiger partial charge in [0.15, 0.2) is 5.60 Å². The zero-order valence-corrected chi connectivity index (χ0v) is 23.0. The first-order valence-electron chi connectivity index (χ1n) is 13.9. The molecule has 0 bridgehead atoms. The van der Waals surface area contributed by atoms with Crippen LogP contribution in [0.4, 0.5) is 11.4 Å². The van der Waals surface area contributed by atoms with Crippen LogP contribution in [0.3, 0.4) is 0 Å². The molecule has 41 heavy (non-hydrogen) atoms. The molecule has 1 atom stereocenters. The van der Waals surface area contributed by atoms with E-state index in [0.29, 0.717) is 22.6 Å². The van der Waals surface area contributed by atoms with Gasteiger partial charge >= 0.3 is 5.97 Å². The molecule has 0 aliphatic carbocycles. The van der Waals surface area contributed by atoms with Crippen LogP contribution in [0.25, 0.3) is 5.57 Å². The van der Waals surface area contributed by atoms with Gasteiger partial charge in [-0.2, -0.15) is 5.26 Å². The fourth-order valence-corrected chi connectivity index (χ4v) is 7.47. The molecule has 6 nitrogen and oxygen atoms in total. The number of hydrogen-bond acceptors (Lipinski definition) is 7. The highest BCUT2D eigenvalue weighted by Crippen LogP contribution is 2.57. The van der Waals surface area contributed by atoms with E-state index in [0.717, 1.165) is 56.6 Å². The van der Waals surface area contributed by atoms with Crippen molar-refractivity contribution < 1.29 is 14.3 Å². The maximum Gasteiger partial charge on any atom is 0.340 e. The Balaban J connectivity index is 1.29. The number of anilines is 2. The number of allylic oxidation sites excluding steroid dienone is 1. The predicted octanol–water partition coefficient (Wildman–Crippen LogP) is 7.65. The highest BCUT2D eigenvalue weighted by molar-refractivity contribution is 8.04. The summed E-state index contributed by atoms with van der Waals surface area (Å²) in [6.07, 6.45) is 3.58. The second-order valence-corrected chi connectivity index (χ2v) is 11.7. The number of rotatable bonds is 2. The summed E-state index contributed by atoms with van der Waals surface area (Å²) >= 11 is 1.55. The van der Waals surface area contributed by atoms with E-state index >= 15 is 0 Å². The zero-order valence-electron chi connectivity index (χ0n) is 22.1. The highest BCUT2D eigenvalue weighted by atomic mass is 32.2. The first-order chi connectivity index (χ1) is 20.2. The Kier molecular flexibility index (Phi) is 5.41. The molecule has 0 aromatic heterocycles. The van der Waals surface area contributed by atoms with Crippen molar-refractivity contribution in [1.82, 2.24) is 0 Å². The number of carbonyl (C=O) groups is 1. The zero-order chi connectivity index (χ0) is 27.6. The second kappa shape index (κ2) is 9.18. The minimum Gasteiger partial charge on any atom is -0.456 e. The third-order valence-electron chi connectivity index (χ3n) is 8.39. The summed E-state index contributed by atoms with van der Waals surface area (Å²) in [6, 6.07) is 30.0. The van der Waals surface area contributed by atoms with E-state index in [1.807, 2.05) is 72.8 Å². The van der Waals surface area contributed by atoms with Crippen molar-refractivity contribution in [2.24, 2.45) is 0 Å². The van der Waals surface area contributed by atoms with Crippen LogP contribution in [0.1, 0.15) is 51.9 Å². The van der Waals surface area contributed by atoms with Gasteiger partial charge in [0.2, 0.25) is 0 Å². The topological polar surface area (TPSA) is 74.6 Å². The van der Waals surface area contributed by atoms with Gasteiger partial charge in [0.25, 0.3) is 0 Å². The van der Waals surface area contributed by atoms with Crippen molar-refractivity contribution in [1.29, 1.82) is 5.26 Å². The molecule has 4 aromatic carbocycles. The van der Waals surface area contributed by atoms with Crippen molar-refractivity contribution in [3.8, 4) is 17.6 Å². The van der Waals surface area contributed by atoms with Crippen molar-refractivity contribution in [2.45, 2.75) is 29.8 Å². The maximum absolute atomic E-state index is 13.2. The summed E-state index contributed by atoms with van der Waals surface area (Å²) in [4.78, 5) is 16.7. The van der Waals surface area contributed by atoms with Crippen LogP contribution in [0.2, 0.25) is 0 Å². The van der Waals surface area contributed by atoms with Gasteiger partial charge in [0.05, 0.1) is 21.9 Å². The Hall–Kier alpha value is -4.67. The van der Waals surface area contributed by atoms with Gasteiger partial charge in [-0.25, -0.2) is 4.79 Å². The van der Waals surface area contributed by atoms with Crippen LogP contribution >= 0.6 is 11.8 Å². The molecular formula is C34H25N3O3S. The molecule has 0 amide bonds. The first kappa shape index (κ1) is 24.2. The van der Waals surface area contributed by atoms with E-state index < -0.39 is 5.60 Å². The van der Waals surface area contributed by atoms with Gasteiger partial charge in [0, 0.05) is 46.4 Å². The molecule has 1 spiro atoms. The molecule has 4 heterocycles. The molecule has 0 radical (unpaired) electrons. The van der Waals surface area contributed by atoms with Gasteiger partial charge in [-0.05, 0) is 67.3 Å². The number of benzene rings is 4. The number of hydrogen-bond donors (Lipinski definition) is 1. The number of nitrogens with zero attached hydrogens (tertiary/aromatic N) is 2. The first-order valence-corrected chi connectivity index (χ1v) is 14.7. The van der Waals surface area contributed by atoms with Crippen molar-refractivity contribution in [3.05, 3.63) is 118 Å². The predicted molar refractivity (Wildman–Crippen MR) is 159 cm³/mol. The Morgan fingerprint density at radius 1 is 0.878 bits per heavy atom. The van der Waals surface area contributed by atoms with E-state index in [4.69, 9.17) is 9.47 Å². The highest BCUT2D eigenvalue weighted by Gasteiger charge is 2.53. The summed E-state index contributed by atoms with van der Waals surface area (Å²) in [7, 11) is 0. The lowest BCUT2D eigenvalue weighted by Crippen LogP contribution is -2.34. The molecule has 1 N–H and O–H groups in total. The van der Waals surface area contributed by atoms with Crippen LogP contribution in [0.15, 0.2) is 94.9 Å². The SMILES string of the molecule is N#C/C(=C1\Nc2ccccc2S1)c1ccc2c(c1)Oc1cc(N3CCCCC3)ccc1C21OC(=O)c2ccccc21. The molecule has 1 saturated heterocycles. The molecule has 8 rings (SSSR count). The average molecular weight is 556 g/mol.